The average molecular weight is 336 g/mol. The number of hydrogen-bond acceptors (Lipinski definition) is 2. The summed E-state index contributed by atoms with van der Waals surface area (Å²) in [5.74, 6) is 0.736. The van der Waals surface area contributed by atoms with Gasteiger partial charge in [0.05, 0.1) is 12.6 Å². The fourth-order valence-electron chi connectivity index (χ4n) is 2.62. The molecule has 1 atom stereocenters. The fourth-order valence-corrected chi connectivity index (χ4v) is 3.20. The second-order valence-electron chi connectivity index (χ2n) is 4.85. The lowest BCUT2D eigenvalue weighted by atomic mass is 9.96. The van der Waals surface area contributed by atoms with E-state index in [0.717, 1.165) is 34.4 Å². The third-order valence-electron chi connectivity index (χ3n) is 3.61. The van der Waals surface area contributed by atoms with E-state index in [1.807, 2.05) is 19.2 Å². The number of ether oxygens (including phenoxy) is 1. The van der Waals surface area contributed by atoms with Crippen LogP contribution >= 0.6 is 15.9 Å². The monoisotopic (exact) mass is 335 g/mol. The third-order valence-corrected chi connectivity index (χ3v) is 4.30. The van der Waals surface area contributed by atoms with Crippen LogP contribution < -0.4 is 10.1 Å². The van der Waals surface area contributed by atoms with Gasteiger partial charge in [-0.05, 0) is 41.9 Å². The zero-order valence-corrected chi connectivity index (χ0v) is 12.7. The van der Waals surface area contributed by atoms with Crippen molar-refractivity contribution in [3.05, 3.63) is 63.4 Å². The highest BCUT2D eigenvalue weighted by atomic mass is 79.9. The minimum Gasteiger partial charge on any atom is -0.493 e. The summed E-state index contributed by atoms with van der Waals surface area (Å²) in [5.41, 5.74) is 3.41. The maximum Gasteiger partial charge on any atom is 0.124 e. The minimum absolute atomic E-state index is 0.0240. The molecule has 0 amide bonds. The zero-order chi connectivity index (χ0) is 14.1. The molecule has 0 fully saturated rings. The highest BCUT2D eigenvalue weighted by molar-refractivity contribution is 9.10. The van der Waals surface area contributed by atoms with E-state index >= 15 is 0 Å². The highest BCUT2D eigenvalue weighted by Gasteiger charge is 2.19. The van der Waals surface area contributed by atoms with Crippen LogP contribution in [-0.2, 0) is 6.42 Å². The van der Waals surface area contributed by atoms with Gasteiger partial charge in [0, 0.05) is 10.9 Å². The average Bonchev–Trinajstić information content (AvgIpc) is 2.89. The first-order valence-corrected chi connectivity index (χ1v) is 7.36. The summed E-state index contributed by atoms with van der Waals surface area (Å²) in [6.07, 6.45) is 0.949. The van der Waals surface area contributed by atoms with Gasteiger partial charge in [0.2, 0.25) is 0 Å². The van der Waals surface area contributed by atoms with E-state index in [-0.39, 0.29) is 11.9 Å². The van der Waals surface area contributed by atoms with Gasteiger partial charge in [-0.2, -0.15) is 0 Å². The van der Waals surface area contributed by atoms with E-state index in [4.69, 9.17) is 4.74 Å². The van der Waals surface area contributed by atoms with Crippen LogP contribution in [0, 0.1) is 5.82 Å². The normalized spacial score (nSPS) is 14.8. The molecular weight excluding hydrogens is 321 g/mol. The Balaban J connectivity index is 2.01. The summed E-state index contributed by atoms with van der Waals surface area (Å²) < 4.78 is 19.5. The van der Waals surface area contributed by atoms with Crippen LogP contribution in [0.25, 0.3) is 0 Å². The van der Waals surface area contributed by atoms with Crippen molar-refractivity contribution in [2.24, 2.45) is 0 Å². The van der Waals surface area contributed by atoms with Crippen molar-refractivity contribution in [1.29, 1.82) is 0 Å². The van der Waals surface area contributed by atoms with Gasteiger partial charge in [0.25, 0.3) is 0 Å². The Bertz CT molecular complexity index is 644. The van der Waals surface area contributed by atoms with Crippen molar-refractivity contribution in [3.8, 4) is 5.75 Å². The smallest absolute Gasteiger partial charge is 0.124 e. The number of rotatable bonds is 3. The molecule has 2 nitrogen and oxygen atoms in total. The lowest BCUT2D eigenvalue weighted by Crippen LogP contribution is -2.18. The van der Waals surface area contributed by atoms with Crippen LogP contribution in [-0.4, -0.2) is 13.7 Å². The number of benzene rings is 2. The van der Waals surface area contributed by atoms with E-state index in [0.29, 0.717) is 0 Å². The molecule has 3 rings (SSSR count). The first-order chi connectivity index (χ1) is 9.69. The van der Waals surface area contributed by atoms with Crippen LogP contribution in [0.4, 0.5) is 4.39 Å². The molecule has 1 aliphatic heterocycles. The standard InChI is InChI=1S/C16H15BrFNO/c1-19-16(13-4-3-12(18)9-14(13)17)11-2-5-15-10(8-11)6-7-20-15/h2-5,8-9,16,19H,6-7H2,1H3. The van der Waals surface area contributed by atoms with Gasteiger partial charge in [-0.3, -0.25) is 0 Å². The van der Waals surface area contributed by atoms with E-state index in [2.05, 4.69) is 33.4 Å². The Morgan fingerprint density at radius 3 is 2.85 bits per heavy atom. The van der Waals surface area contributed by atoms with Gasteiger partial charge < -0.3 is 10.1 Å². The maximum absolute atomic E-state index is 13.2. The highest BCUT2D eigenvalue weighted by Crippen LogP contribution is 2.33. The second kappa shape index (κ2) is 5.54. The zero-order valence-electron chi connectivity index (χ0n) is 11.1. The van der Waals surface area contributed by atoms with Gasteiger partial charge in [0.1, 0.15) is 11.6 Å². The molecular formula is C16H15BrFNO. The molecule has 0 saturated heterocycles. The molecule has 1 heterocycles. The van der Waals surface area contributed by atoms with Gasteiger partial charge in [-0.15, -0.1) is 0 Å². The predicted octanol–water partition coefficient (Wildman–Crippen LogP) is 3.83. The molecule has 2 aromatic rings. The molecule has 0 aromatic heterocycles. The molecule has 0 bridgehead atoms. The van der Waals surface area contributed by atoms with Crippen molar-refractivity contribution in [2.75, 3.05) is 13.7 Å². The molecule has 1 unspecified atom stereocenters. The molecule has 104 valence electrons. The summed E-state index contributed by atoms with van der Waals surface area (Å²) in [6, 6.07) is 11.1. The van der Waals surface area contributed by atoms with Crippen LogP contribution in [0.15, 0.2) is 40.9 Å². The third kappa shape index (κ3) is 2.45. The molecule has 20 heavy (non-hydrogen) atoms. The van der Waals surface area contributed by atoms with E-state index in [9.17, 15) is 4.39 Å². The molecule has 1 N–H and O–H groups in total. The van der Waals surface area contributed by atoms with Crippen molar-refractivity contribution in [1.82, 2.24) is 5.32 Å². The van der Waals surface area contributed by atoms with E-state index in [1.54, 1.807) is 0 Å². The van der Waals surface area contributed by atoms with Crippen LogP contribution in [0.3, 0.4) is 0 Å². The molecule has 0 saturated carbocycles. The van der Waals surface area contributed by atoms with E-state index < -0.39 is 0 Å². The SMILES string of the molecule is CNC(c1ccc2c(c1)CCO2)c1ccc(F)cc1Br. The predicted molar refractivity (Wildman–Crippen MR) is 80.6 cm³/mol. The first kappa shape index (κ1) is 13.6. The van der Waals surface area contributed by atoms with Gasteiger partial charge in [-0.25, -0.2) is 4.39 Å². The fraction of sp³-hybridized carbons (Fsp3) is 0.250. The van der Waals surface area contributed by atoms with Gasteiger partial charge in [-0.1, -0.05) is 34.1 Å². The van der Waals surface area contributed by atoms with Crippen molar-refractivity contribution in [2.45, 2.75) is 12.5 Å². The Morgan fingerprint density at radius 1 is 1.25 bits per heavy atom. The summed E-state index contributed by atoms with van der Waals surface area (Å²) in [4.78, 5) is 0. The maximum atomic E-state index is 13.2. The molecule has 4 heteroatoms. The molecule has 0 radical (unpaired) electrons. The summed E-state index contributed by atoms with van der Waals surface area (Å²) in [6.45, 7) is 0.753. The summed E-state index contributed by atoms with van der Waals surface area (Å²) >= 11 is 3.44. The Labute approximate surface area is 126 Å². The lowest BCUT2D eigenvalue weighted by Gasteiger charge is -2.19. The largest absolute Gasteiger partial charge is 0.493 e. The second-order valence-corrected chi connectivity index (χ2v) is 5.71. The number of nitrogens with one attached hydrogen (secondary N) is 1. The van der Waals surface area contributed by atoms with Gasteiger partial charge >= 0.3 is 0 Å². The quantitative estimate of drug-likeness (QED) is 0.920. The number of halogens is 2. The number of fused-ring (bicyclic) bond motifs is 1. The lowest BCUT2D eigenvalue weighted by molar-refractivity contribution is 0.357. The number of hydrogen-bond donors (Lipinski definition) is 1. The molecule has 0 spiro atoms. The molecule has 2 aromatic carbocycles. The van der Waals surface area contributed by atoms with Crippen LogP contribution in [0.2, 0.25) is 0 Å². The topological polar surface area (TPSA) is 21.3 Å². The minimum atomic E-state index is -0.238. The molecule has 0 aliphatic carbocycles. The van der Waals surface area contributed by atoms with Crippen LogP contribution in [0.1, 0.15) is 22.7 Å². The summed E-state index contributed by atoms with van der Waals surface area (Å²) in [5, 5.41) is 3.29. The van der Waals surface area contributed by atoms with Crippen molar-refractivity contribution < 1.29 is 9.13 Å². The Kier molecular flexibility index (Phi) is 3.76. The first-order valence-electron chi connectivity index (χ1n) is 6.57. The Hall–Kier alpha value is -1.39. The summed E-state index contributed by atoms with van der Waals surface area (Å²) in [7, 11) is 1.91. The molecule has 1 aliphatic rings. The van der Waals surface area contributed by atoms with Gasteiger partial charge in [0.15, 0.2) is 0 Å². The Morgan fingerprint density at radius 2 is 2.10 bits per heavy atom. The van der Waals surface area contributed by atoms with Crippen molar-refractivity contribution in [3.63, 3.8) is 0 Å². The van der Waals surface area contributed by atoms with E-state index in [1.165, 1.54) is 17.7 Å². The van der Waals surface area contributed by atoms with Crippen LogP contribution in [0.5, 0.6) is 5.75 Å². The van der Waals surface area contributed by atoms with Crippen molar-refractivity contribution >= 4 is 15.9 Å².